The van der Waals surface area contributed by atoms with Crippen molar-refractivity contribution in [3.63, 3.8) is 0 Å². The largest absolute Gasteiger partial charge is 0.281 e. The molecule has 0 fully saturated rings. The summed E-state index contributed by atoms with van der Waals surface area (Å²) >= 11 is 1.21. The number of hydrazone groups is 2. The molecule has 33 heavy (non-hydrogen) atoms. The van der Waals surface area contributed by atoms with Crippen LogP contribution in [0.4, 0.5) is 5.69 Å². The molecule has 1 amide bonds. The fourth-order valence-corrected chi connectivity index (χ4v) is 4.99. The van der Waals surface area contributed by atoms with Crippen LogP contribution < -0.4 is 16.0 Å². The summed E-state index contributed by atoms with van der Waals surface area (Å²) < 4.78 is 49.2. The molecule has 0 aliphatic carbocycles. The third-order valence-electron chi connectivity index (χ3n) is 4.16. The number of benzene rings is 2. The highest BCUT2D eigenvalue weighted by atomic mass is 32.2. The summed E-state index contributed by atoms with van der Waals surface area (Å²) in [6.07, 6.45) is 0. The van der Waals surface area contributed by atoms with E-state index in [-0.39, 0.29) is 15.5 Å². The summed E-state index contributed by atoms with van der Waals surface area (Å²) in [6.45, 7) is 1.39. The van der Waals surface area contributed by atoms with Gasteiger partial charge in [0.15, 0.2) is 0 Å². The molecule has 0 bridgehead atoms. The molecule has 4 N–H and O–H groups in total. The number of hydrogen-bond acceptors (Lipinski definition) is 9. The smallest absolute Gasteiger partial charge is 0.277 e. The normalized spacial score (nSPS) is 12.9. The van der Waals surface area contributed by atoms with E-state index in [1.165, 1.54) is 54.7 Å². The quantitative estimate of drug-likeness (QED) is 0.254. The van der Waals surface area contributed by atoms with Gasteiger partial charge >= 0.3 is 0 Å². The predicted octanol–water partition coefficient (Wildman–Crippen LogP) is 2.40. The van der Waals surface area contributed by atoms with Gasteiger partial charge in [-0.25, -0.2) is 27.4 Å². The van der Waals surface area contributed by atoms with Gasteiger partial charge in [-0.15, -0.1) is 11.3 Å². The van der Waals surface area contributed by atoms with Crippen molar-refractivity contribution in [2.45, 2.75) is 16.7 Å². The standard InChI is InChI=1S/C20H19N5O5S3/c1-14(22-24-19(26)18-8-5-13-31-18)20(32(27,28)16-6-3-2-4-7-16)25-23-15-9-11-17(12-10-15)33(21,29)30/h2-13,23H,1H3,(H,24,26)(H2,21,29,30)/b22-14+,25-20-. The van der Waals surface area contributed by atoms with Gasteiger partial charge in [-0.3, -0.25) is 10.2 Å². The second-order valence-corrected chi connectivity index (χ2v) is 10.9. The highest BCUT2D eigenvalue weighted by Gasteiger charge is 2.26. The highest BCUT2D eigenvalue weighted by Crippen LogP contribution is 2.16. The molecule has 1 aromatic heterocycles. The molecule has 1 heterocycles. The van der Waals surface area contributed by atoms with Crippen molar-refractivity contribution in [3.8, 4) is 0 Å². The van der Waals surface area contributed by atoms with Gasteiger partial charge in [-0.2, -0.15) is 10.2 Å². The van der Waals surface area contributed by atoms with Gasteiger partial charge in [-0.05, 0) is 54.8 Å². The third kappa shape index (κ3) is 6.10. The number of amides is 1. The molecule has 0 spiro atoms. The minimum atomic E-state index is -4.11. The molecule has 172 valence electrons. The molecular weight excluding hydrogens is 486 g/mol. The molecule has 0 saturated carbocycles. The molecular formula is C20H19N5O5S3. The van der Waals surface area contributed by atoms with E-state index in [4.69, 9.17) is 5.14 Å². The van der Waals surface area contributed by atoms with E-state index in [0.717, 1.165) is 0 Å². The maximum absolute atomic E-state index is 13.2. The number of nitrogens with two attached hydrogens (primary N) is 1. The van der Waals surface area contributed by atoms with Gasteiger partial charge in [0.25, 0.3) is 5.91 Å². The summed E-state index contributed by atoms with van der Waals surface area (Å²) in [5.41, 5.74) is 5.13. The van der Waals surface area contributed by atoms with Crippen LogP contribution in [0, 0.1) is 0 Å². The highest BCUT2D eigenvalue weighted by molar-refractivity contribution is 8.08. The predicted molar refractivity (Wildman–Crippen MR) is 127 cm³/mol. The number of carbonyl (C=O) groups excluding carboxylic acids is 1. The molecule has 0 saturated heterocycles. The van der Waals surface area contributed by atoms with Crippen molar-refractivity contribution < 1.29 is 21.6 Å². The molecule has 2 aromatic carbocycles. The van der Waals surface area contributed by atoms with Crippen molar-refractivity contribution in [1.82, 2.24) is 5.43 Å². The SMILES string of the molecule is CC(=N\NC(=O)c1cccs1)/C(=N/Nc1ccc(S(N)(=O)=O)cc1)S(=O)(=O)c1ccccc1. The first-order valence-electron chi connectivity index (χ1n) is 9.24. The molecule has 10 nitrogen and oxygen atoms in total. The van der Waals surface area contributed by atoms with E-state index in [0.29, 0.717) is 10.6 Å². The fourth-order valence-electron chi connectivity index (χ4n) is 2.53. The number of primary sulfonamides is 1. The lowest BCUT2D eigenvalue weighted by atomic mass is 10.3. The molecule has 3 rings (SSSR count). The fraction of sp³-hybridized carbons (Fsp3) is 0.0500. The van der Waals surface area contributed by atoms with Crippen LogP contribution in [0.2, 0.25) is 0 Å². The van der Waals surface area contributed by atoms with Crippen LogP contribution in [0.15, 0.2) is 92.1 Å². The second kappa shape index (κ2) is 10.0. The first-order valence-corrected chi connectivity index (χ1v) is 13.1. The van der Waals surface area contributed by atoms with Gasteiger partial charge in [0.1, 0.15) is 0 Å². The third-order valence-corrected chi connectivity index (χ3v) is 7.74. The van der Waals surface area contributed by atoms with Crippen molar-refractivity contribution in [3.05, 3.63) is 77.0 Å². The average Bonchev–Trinajstić information content (AvgIpc) is 3.33. The van der Waals surface area contributed by atoms with Crippen LogP contribution in [-0.2, 0) is 19.9 Å². The summed E-state index contributed by atoms with van der Waals surface area (Å²) in [5, 5.41) is 14.3. The lowest BCUT2D eigenvalue weighted by molar-refractivity contribution is 0.0959. The van der Waals surface area contributed by atoms with Gasteiger partial charge in [-0.1, -0.05) is 24.3 Å². The topological polar surface area (TPSA) is 160 Å². The molecule has 0 atom stereocenters. The molecule has 0 aliphatic rings. The van der Waals surface area contributed by atoms with Crippen LogP contribution >= 0.6 is 11.3 Å². The summed E-state index contributed by atoms with van der Waals surface area (Å²) in [6, 6.07) is 16.2. The first-order chi connectivity index (χ1) is 15.6. The lowest BCUT2D eigenvalue weighted by Crippen LogP contribution is -2.27. The number of nitrogens with zero attached hydrogens (tertiary/aromatic N) is 2. The molecule has 0 unspecified atom stereocenters. The number of rotatable bonds is 7. The Labute approximate surface area is 194 Å². The minimum absolute atomic E-state index is 0.0192. The Hall–Kier alpha value is -3.39. The van der Waals surface area contributed by atoms with Crippen LogP contribution in [0.3, 0.4) is 0 Å². The van der Waals surface area contributed by atoms with Gasteiger partial charge < -0.3 is 0 Å². The maximum Gasteiger partial charge on any atom is 0.281 e. The Morgan fingerprint density at radius 2 is 1.55 bits per heavy atom. The van der Waals surface area contributed by atoms with E-state index in [9.17, 15) is 21.6 Å². The maximum atomic E-state index is 13.2. The second-order valence-electron chi connectivity index (χ2n) is 6.53. The average molecular weight is 506 g/mol. The number of anilines is 1. The van der Waals surface area contributed by atoms with Crippen molar-refractivity contribution in [2.75, 3.05) is 5.43 Å². The number of carbonyl (C=O) groups is 1. The Morgan fingerprint density at radius 1 is 0.879 bits per heavy atom. The number of nitrogens with one attached hydrogen (secondary N) is 2. The Balaban J connectivity index is 1.94. The lowest BCUT2D eigenvalue weighted by Gasteiger charge is -2.10. The van der Waals surface area contributed by atoms with E-state index in [1.807, 2.05) is 0 Å². The number of sulfonamides is 1. The zero-order chi connectivity index (χ0) is 24.1. The Kier molecular flexibility index (Phi) is 7.38. The minimum Gasteiger partial charge on any atom is -0.277 e. The van der Waals surface area contributed by atoms with E-state index in [1.54, 1.807) is 35.7 Å². The van der Waals surface area contributed by atoms with Crippen LogP contribution in [0.5, 0.6) is 0 Å². The van der Waals surface area contributed by atoms with Crippen molar-refractivity contribution in [1.29, 1.82) is 0 Å². The molecule has 0 aliphatic heterocycles. The zero-order valence-electron chi connectivity index (χ0n) is 17.2. The van der Waals surface area contributed by atoms with Gasteiger partial charge in [0.05, 0.1) is 26.1 Å². The zero-order valence-corrected chi connectivity index (χ0v) is 19.6. The molecule has 3 aromatic rings. The monoisotopic (exact) mass is 505 g/mol. The van der Waals surface area contributed by atoms with Crippen LogP contribution in [0.1, 0.15) is 16.6 Å². The van der Waals surface area contributed by atoms with Crippen molar-refractivity contribution in [2.24, 2.45) is 15.3 Å². The first kappa shape index (κ1) is 24.3. The number of hydrogen-bond donors (Lipinski definition) is 3. The van der Waals surface area contributed by atoms with Crippen LogP contribution in [0.25, 0.3) is 0 Å². The Bertz CT molecular complexity index is 1400. The number of thiophene rings is 1. The van der Waals surface area contributed by atoms with Crippen LogP contribution in [-0.4, -0.2) is 33.5 Å². The van der Waals surface area contributed by atoms with E-state index < -0.39 is 30.8 Å². The summed E-state index contributed by atoms with van der Waals surface area (Å²) in [5.74, 6) is -0.493. The summed E-state index contributed by atoms with van der Waals surface area (Å²) in [4.78, 5) is 12.5. The number of sulfone groups is 1. The summed E-state index contributed by atoms with van der Waals surface area (Å²) in [7, 11) is -7.99. The van der Waals surface area contributed by atoms with Gasteiger partial charge in [0.2, 0.25) is 24.9 Å². The van der Waals surface area contributed by atoms with E-state index in [2.05, 4.69) is 21.1 Å². The molecule has 0 radical (unpaired) electrons. The van der Waals surface area contributed by atoms with Gasteiger partial charge in [0, 0.05) is 0 Å². The van der Waals surface area contributed by atoms with Crippen molar-refractivity contribution >= 4 is 53.5 Å². The van der Waals surface area contributed by atoms with E-state index >= 15 is 0 Å². The molecule has 13 heteroatoms. The Morgan fingerprint density at radius 3 is 2.12 bits per heavy atom.